The zero-order chi connectivity index (χ0) is 37.1. The molecule has 6 N–H and O–H groups in total. The molecule has 0 aromatic carbocycles. The van der Waals surface area contributed by atoms with Gasteiger partial charge < -0.3 is 31.5 Å². The third-order valence-electron chi connectivity index (χ3n) is 9.35. The SMILES string of the molecule is CNC(=O)C(=O)C(CCCCC1CC1)NC(=O)[C@@H]1CCCN1C(=O)[C@@H](NC(=O)N[C@H](CNCCN(C(C)C)S(=O)O)C(C)(C)C)C(C)(C)C. The Balaban J connectivity index is 2.10. The van der Waals surface area contributed by atoms with Gasteiger partial charge in [0.1, 0.15) is 12.1 Å². The Labute approximate surface area is 295 Å². The van der Waals surface area contributed by atoms with Crippen LogP contribution in [0.3, 0.4) is 0 Å². The number of Topliss-reactive ketones (excluding diaryl/α,β-unsaturated/α-hetero) is 1. The Morgan fingerprint density at radius 1 is 0.939 bits per heavy atom. The molecule has 1 aliphatic heterocycles. The molecule has 0 bridgehead atoms. The second kappa shape index (κ2) is 19.1. The summed E-state index contributed by atoms with van der Waals surface area (Å²) in [5, 5.41) is 14.3. The predicted octanol–water partition coefficient (Wildman–Crippen LogP) is 2.31. The van der Waals surface area contributed by atoms with Gasteiger partial charge in [0.25, 0.3) is 5.91 Å². The lowest BCUT2D eigenvalue weighted by Gasteiger charge is -2.37. The van der Waals surface area contributed by atoms with Crippen LogP contribution >= 0.6 is 0 Å². The van der Waals surface area contributed by atoms with Crippen molar-refractivity contribution in [2.75, 3.05) is 33.2 Å². The first-order valence-corrected chi connectivity index (χ1v) is 18.9. The number of ketones is 1. The zero-order valence-electron chi connectivity index (χ0n) is 31.1. The molecule has 2 aliphatic rings. The number of hydrogen-bond acceptors (Lipinski definition) is 7. The third-order valence-corrected chi connectivity index (χ3v) is 10.4. The van der Waals surface area contributed by atoms with Gasteiger partial charge in [0.05, 0.1) is 6.04 Å². The second-order valence-corrected chi connectivity index (χ2v) is 16.9. The fourth-order valence-electron chi connectivity index (χ4n) is 5.98. The molecule has 0 aromatic rings. The summed E-state index contributed by atoms with van der Waals surface area (Å²) in [5.74, 6) is -1.59. The number of amides is 5. The Kier molecular flexibility index (Phi) is 16.6. The molecule has 2 unspecified atom stereocenters. The average Bonchev–Trinajstić information content (AvgIpc) is 3.70. The van der Waals surface area contributed by atoms with Crippen LogP contribution in [0.25, 0.3) is 0 Å². The van der Waals surface area contributed by atoms with Crippen molar-refractivity contribution in [3.63, 3.8) is 0 Å². The second-order valence-electron chi connectivity index (χ2n) is 15.9. The van der Waals surface area contributed by atoms with Crippen LogP contribution < -0.4 is 26.6 Å². The van der Waals surface area contributed by atoms with Gasteiger partial charge in [-0.2, -0.15) is 4.31 Å². The van der Waals surface area contributed by atoms with E-state index in [-0.39, 0.29) is 17.5 Å². The van der Waals surface area contributed by atoms with Crippen molar-refractivity contribution in [2.24, 2.45) is 16.7 Å². The number of hydrogen-bond donors (Lipinski definition) is 6. The zero-order valence-corrected chi connectivity index (χ0v) is 32.0. The number of carbonyl (C=O) groups excluding carboxylic acids is 5. The molecule has 2 fully saturated rings. The topological polar surface area (TPSA) is 189 Å². The van der Waals surface area contributed by atoms with E-state index in [1.807, 2.05) is 55.4 Å². The summed E-state index contributed by atoms with van der Waals surface area (Å²) in [7, 11) is 1.38. The third kappa shape index (κ3) is 13.9. The summed E-state index contributed by atoms with van der Waals surface area (Å²) in [6, 6.07) is -3.76. The maximum Gasteiger partial charge on any atom is 0.315 e. The van der Waals surface area contributed by atoms with E-state index in [4.69, 9.17) is 0 Å². The summed E-state index contributed by atoms with van der Waals surface area (Å²) >= 11 is -2.09. The number of rotatable bonds is 19. The van der Waals surface area contributed by atoms with E-state index in [0.29, 0.717) is 51.9 Å². The average molecular weight is 714 g/mol. The monoisotopic (exact) mass is 713 g/mol. The molecule has 2 rings (SSSR count). The van der Waals surface area contributed by atoms with Crippen LogP contribution in [0.4, 0.5) is 4.79 Å². The maximum atomic E-state index is 14.1. The number of urea groups is 1. The molecule has 49 heavy (non-hydrogen) atoms. The summed E-state index contributed by atoms with van der Waals surface area (Å²) in [6.45, 7) is 16.6. The minimum absolute atomic E-state index is 0.115. The first-order valence-electron chi connectivity index (χ1n) is 17.8. The minimum Gasteiger partial charge on any atom is -0.353 e. The van der Waals surface area contributed by atoms with E-state index in [2.05, 4.69) is 26.6 Å². The number of nitrogens with one attached hydrogen (secondary N) is 5. The van der Waals surface area contributed by atoms with Crippen LogP contribution in [0, 0.1) is 16.7 Å². The van der Waals surface area contributed by atoms with Gasteiger partial charge in [0, 0.05) is 45.3 Å². The molecule has 1 aliphatic carbocycles. The number of likely N-dealkylation sites (N-methyl/N-ethyl adjacent to an activating group) is 1. The molecular weight excluding hydrogens is 650 g/mol. The predicted molar refractivity (Wildman–Crippen MR) is 191 cm³/mol. The van der Waals surface area contributed by atoms with Gasteiger partial charge in [-0.25, -0.2) is 9.00 Å². The van der Waals surface area contributed by atoms with E-state index < -0.39 is 64.3 Å². The van der Waals surface area contributed by atoms with Crippen molar-refractivity contribution in [3.8, 4) is 0 Å². The number of carbonyl (C=O) groups is 5. The van der Waals surface area contributed by atoms with Crippen molar-refractivity contribution in [1.29, 1.82) is 0 Å². The quantitative estimate of drug-likeness (QED) is 0.0668. The van der Waals surface area contributed by atoms with Gasteiger partial charge in [0.15, 0.2) is 0 Å². The van der Waals surface area contributed by atoms with Crippen LogP contribution in [0.5, 0.6) is 0 Å². The fourth-order valence-corrected chi connectivity index (χ4v) is 6.59. The molecule has 1 saturated carbocycles. The first kappa shape index (κ1) is 42.5. The van der Waals surface area contributed by atoms with Crippen LogP contribution in [0.1, 0.15) is 107 Å². The molecule has 1 heterocycles. The molecule has 0 aromatic heterocycles. The summed E-state index contributed by atoms with van der Waals surface area (Å²) in [4.78, 5) is 67.7. The van der Waals surface area contributed by atoms with Crippen molar-refractivity contribution < 1.29 is 32.7 Å². The van der Waals surface area contributed by atoms with E-state index >= 15 is 0 Å². The van der Waals surface area contributed by atoms with E-state index in [1.54, 1.807) is 0 Å². The highest BCUT2D eigenvalue weighted by Crippen LogP contribution is 2.34. The Morgan fingerprint density at radius 3 is 2.12 bits per heavy atom. The lowest BCUT2D eigenvalue weighted by Crippen LogP contribution is -2.61. The van der Waals surface area contributed by atoms with Crippen molar-refractivity contribution in [1.82, 2.24) is 35.8 Å². The molecule has 15 heteroatoms. The lowest BCUT2D eigenvalue weighted by molar-refractivity contribution is -0.143. The van der Waals surface area contributed by atoms with Crippen LogP contribution in [-0.4, -0.2) is 111 Å². The van der Waals surface area contributed by atoms with Crippen LogP contribution in [-0.2, 0) is 30.4 Å². The van der Waals surface area contributed by atoms with Crippen LogP contribution in [0.15, 0.2) is 0 Å². The Morgan fingerprint density at radius 2 is 1.59 bits per heavy atom. The maximum absolute atomic E-state index is 14.1. The normalized spacial score (nSPS) is 19.3. The largest absolute Gasteiger partial charge is 0.353 e. The fraction of sp³-hybridized carbons (Fsp3) is 0.853. The summed E-state index contributed by atoms with van der Waals surface area (Å²) in [6.07, 6.45) is 6.49. The molecule has 0 spiro atoms. The molecule has 14 nitrogen and oxygen atoms in total. The molecule has 5 amide bonds. The number of likely N-dealkylation sites (tertiary alicyclic amines) is 1. The van der Waals surface area contributed by atoms with E-state index in [9.17, 15) is 32.7 Å². The Hall–Kier alpha value is -2.62. The van der Waals surface area contributed by atoms with E-state index in [0.717, 1.165) is 18.8 Å². The highest BCUT2D eigenvalue weighted by atomic mass is 32.2. The Bertz CT molecular complexity index is 1170. The summed E-state index contributed by atoms with van der Waals surface area (Å²) < 4.78 is 22.6. The van der Waals surface area contributed by atoms with Crippen molar-refractivity contribution in [2.45, 2.75) is 137 Å². The van der Waals surface area contributed by atoms with E-state index in [1.165, 1.54) is 29.1 Å². The van der Waals surface area contributed by atoms with Gasteiger partial charge in [-0.15, -0.1) is 0 Å². The van der Waals surface area contributed by atoms with Crippen molar-refractivity contribution in [3.05, 3.63) is 0 Å². The van der Waals surface area contributed by atoms with Gasteiger partial charge in [0.2, 0.25) is 28.9 Å². The molecule has 0 radical (unpaired) electrons. The van der Waals surface area contributed by atoms with Gasteiger partial charge in [-0.1, -0.05) is 73.6 Å². The lowest BCUT2D eigenvalue weighted by atomic mass is 9.85. The minimum atomic E-state index is -2.09. The smallest absolute Gasteiger partial charge is 0.315 e. The standard InChI is InChI=1S/C34H63N7O7S/c1-22(2)41(49(47)48)20-18-36-21-26(33(3,4)5)38-32(46)39-28(34(6,7)8)31(45)40-19-12-15-25(40)29(43)37-24(27(42)30(44)35-9)14-11-10-13-23-16-17-23/h22-26,28,36H,10-21H2,1-9H3,(H,35,44)(H,37,43)(H,47,48)(H2,38,39,46)/t24?,25-,26+,28+/m0/s1. The molecule has 5 atom stereocenters. The first-order chi connectivity index (χ1) is 22.8. The van der Waals surface area contributed by atoms with Crippen molar-refractivity contribution >= 4 is 40.8 Å². The van der Waals surface area contributed by atoms with Crippen LogP contribution in [0.2, 0.25) is 0 Å². The van der Waals surface area contributed by atoms with Gasteiger partial charge >= 0.3 is 6.03 Å². The molecule has 1 saturated heterocycles. The highest BCUT2D eigenvalue weighted by molar-refractivity contribution is 7.76. The molecular formula is C34H63N7O7S. The van der Waals surface area contributed by atoms with Gasteiger partial charge in [-0.3, -0.25) is 23.7 Å². The van der Waals surface area contributed by atoms with Gasteiger partial charge in [-0.05, 0) is 49.9 Å². The summed E-state index contributed by atoms with van der Waals surface area (Å²) in [5.41, 5.74) is -1.06. The number of unbranched alkanes of at least 4 members (excludes halogenated alkanes) is 1. The highest BCUT2D eigenvalue weighted by Gasteiger charge is 2.43. The number of nitrogens with zero attached hydrogens (tertiary/aromatic N) is 2. The molecule has 282 valence electrons.